The number of urea groups is 1. The van der Waals surface area contributed by atoms with Crippen LogP contribution in [-0.4, -0.2) is 74.4 Å². The van der Waals surface area contributed by atoms with Crippen molar-refractivity contribution in [1.82, 2.24) is 15.5 Å². The molecule has 1 heterocycles. The summed E-state index contributed by atoms with van der Waals surface area (Å²) in [7, 11) is 1.55. The van der Waals surface area contributed by atoms with Gasteiger partial charge in [-0.15, -0.1) is 11.8 Å². The maximum absolute atomic E-state index is 12.3. The smallest absolute Gasteiger partial charge is 0.339 e. The van der Waals surface area contributed by atoms with E-state index in [-0.39, 0.29) is 23.8 Å². The molecular formula is C17H21N3O6S. The van der Waals surface area contributed by atoms with Gasteiger partial charge in [-0.3, -0.25) is 14.5 Å². The van der Waals surface area contributed by atoms with Crippen LogP contribution >= 0.6 is 11.8 Å². The third-order valence-electron chi connectivity index (χ3n) is 3.58. The van der Waals surface area contributed by atoms with Crippen LogP contribution in [0.4, 0.5) is 4.79 Å². The van der Waals surface area contributed by atoms with Crippen LogP contribution in [-0.2, 0) is 19.1 Å². The summed E-state index contributed by atoms with van der Waals surface area (Å²) >= 11 is 1.19. The number of methoxy groups -OCH3 is 1. The van der Waals surface area contributed by atoms with Crippen molar-refractivity contribution in [3.8, 4) is 0 Å². The highest BCUT2D eigenvalue weighted by atomic mass is 32.2. The number of hydrogen-bond donors (Lipinski definition) is 2. The number of benzene rings is 1. The molecule has 1 fully saturated rings. The maximum Gasteiger partial charge on any atom is 0.339 e. The molecule has 2 rings (SSSR count). The lowest BCUT2D eigenvalue weighted by molar-refractivity contribution is -0.130. The van der Waals surface area contributed by atoms with Crippen molar-refractivity contribution in [3.05, 3.63) is 29.8 Å². The molecule has 1 aromatic carbocycles. The quantitative estimate of drug-likeness (QED) is 0.350. The molecule has 10 heteroatoms. The number of imide groups is 1. The minimum absolute atomic E-state index is 0.126. The fraction of sp³-hybridized carbons (Fsp3) is 0.412. The van der Waals surface area contributed by atoms with Crippen LogP contribution in [0.1, 0.15) is 10.4 Å². The predicted octanol–water partition coefficient (Wildman–Crippen LogP) is 0.250. The van der Waals surface area contributed by atoms with Crippen LogP contribution < -0.4 is 10.6 Å². The number of amides is 4. The highest BCUT2D eigenvalue weighted by Gasteiger charge is 2.27. The number of ether oxygens (including phenoxy) is 2. The molecule has 1 aromatic rings. The second-order valence-corrected chi connectivity index (χ2v) is 6.50. The van der Waals surface area contributed by atoms with E-state index in [1.54, 1.807) is 31.4 Å². The number of carbonyl (C=O) groups excluding carboxylic acids is 4. The van der Waals surface area contributed by atoms with E-state index in [1.807, 2.05) is 0 Å². The number of hydrogen-bond acceptors (Lipinski definition) is 7. The molecule has 1 aliphatic rings. The molecular weight excluding hydrogens is 374 g/mol. The molecule has 0 radical (unpaired) electrons. The maximum atomic E-state index is 12.3. The van der Waals surface area contributed by atoms with Gasteiger partial charge in [-0.25, -0.2) is 9.59 Å². The first-order valence-electron chi connectivity index (χ1n) is 8.25. The second-order valence-electron chi connectivity index (χ2n) is 5.48. The molecule has 2 N–H and O–H groups in total. The van der Waals surface area contributed by atoms with E-state index in [0.717, 1.165) is 4.90 Å². The topological polar surface area (TPSA) is 114 Å². The first kappa shape index (κ1) is 20.7. The van der Waals surface area contributed by atoms with Crippen molar-refractivity contribution in [2.24, 2.45) is 0 Å². The zero-order chi connectivity index (χ0) is 19.6. The van der Waals surface area contributed by atoms with Gasteiger partial charge in [0.1, 0.15) is 0 Å². The zero-order valence-corrected chi connectivity index (χ0v) is 15.7. The van der Waals surface area contributed by atoms with Crippen LogP contribution in [0.25, 0.3) is 0 Å². The van der Waals surface area contributed by atoms with E-state index in [9.17, 15) is 19.2 Å². The zero-order valence-electron chi connectivity index (χ0n) is 14.9. The van der Waals surface area contributed by atoms with Crippen molar-refractivity contribution in [2.75, 3.05) is 45.7 Å². The summed E-state index contributed by atoms with van der Waals surface area (Å²) in [5.74, 6) is -1.33. The first-order valence-corrected chi connectivity index (χ1v) is 9.24. The Hall–Kier alpha value is -2.59. The number of esters is 1. The number of carbonyl (C=O) groups is 4. The van der Waals surface area contributed by atoms with Crippen LogP contribution in [0.5, 0.6) is 0 Å². The lowest BCUT2D eigenvalue weighted by atomic mass is 10.2. The molecule has 1 saturated heterocycles. The summed E-state index contributed by atoms with van der Waals surface area (Å²) < 4.78 is 9.89. The van der Waals surface area contributed by atoms with Crippen molar-refractivity contribution in [1.29, 1.82) is 0 Å². The largest absolute Gasteiger partial charge is 0.452 e. The number of rotatable bonds is 9. The van der Waals surface area contributed by atoms with Crippen molar-refractivity contribution >= 4 is 35.6 Å². The van der Waals surface area contributed by atoms with E-state index in [0.29, 0.717) is 24.6 Å². The summed E-state index contributed by atoms with van der Waals surface area (Å²) in [5, 5.41) is 5.19. The van der Waals surface area contributed by atoms with E-state index in [1.165, 1.54) is 11.8 Å². The minimum atomic E-state index is -0.689. The molecule has 0 atom stereocenters. The van der Waals surface area contributed by atoms with Gasteiger partial charge in [0.2, 0.25) is 5.91 Å². The van der Waals surface area contributed by atoms with Crippen LogP contribution in [0.15, 0.2) is 29.2 Å². The molecule has 0 bridgehead atoms. The number of thioether (sulfide) groups is 1. The van der Waals surface area contributed by atoms with E-state index in [2.05, 4.69) is 10.6 Å². The summed E-state index contributed by atoms with van der Waals surface area (Å²) in [6, 6.07) is 6.16. The summed E-state index contributed by atoms with van der Waals surface area (Å²) in [5.41, 5.74) is 0.255. The molecule has 27 heavy (non-hydrogen) atoms. The van der Waals surface area contributed by atoms with Crippen LogP contribution in [0, 0.1) is 0 Å². The Labute approximate surface area is 160 Å². The van der Waals surface area contributed by atoms with Gasteiger partial charge in [0.25, 0.3) is 5.91 Å². The molecule has 9 nitrogen and oxygen atoms in total. The average Bonchev–Trinajstić information content (AvgIpc) is 3.10. The van der Waals surface area contributed by atoms with Crippen LogP contribution in [0.3, 0.4) is 0 Å². The Morgan fingerprint density at radius 2 is 2.07 bits per heavy atom. The Morgan fingerprint density at radius 3 is 2.78 bits per heavy atom. The Kier molecular flexibility index (Phi) is 8.08. The van der Waals surface area contributed by atoms with E-state index in [4.69, 9.17) is 9.47 Å². The molecule has 4 amide bonds. The van der Waals surface area contributed by atoms with Crippen molar-refractivity contribution < 1.29 is 28.7 Å². The van der Waals surface area contributed by atoms with Crippen molar-refractivity contribution in [2.45, 2.75) is 4.90 Å². The summed E-state index contributed by atoms with van der Waals surface area (Å²) in [4.78, 5) is 49.0. The van der Waals surface area contributed by atoms with Gasteiger partial charge in [0.15, 0.2) is 6.61 Å². The van der Waals surface area contributed by atoms with Gasteiger partial charge >= 0.3 is 12.0 Å². The molecule has 146 valence electrons. The van der Waals surface area contributed by atoms with E-state index >= 15 is 0 Å². The average molecular weight is 395 g/mol. The lowest BCUT2D eigenvalue weighted by Gasteiger charge is -2.13. The van der Waals surface area contributed by atoms with Gasteiger partial charge in [0.05, 0.1) is 17.9 Å². The Balaban J connectivity index is 1.88. The van der Waals surface area contributed by atoms with Gasteiger partial charge in [-0.05, 0) is 12.1 Å². The fourth-order valence-corrected chi connectivity index (χ4v) is 3.11. The standard InChI is InChI=1S/C17H21N3O6S/c1-25-9-7-18-14(21)11-27-13-5-3-2-4-12(13)16(23)26-10-15(22)20-8-6-19-17(20)24/h2-5H,6-11H2,1H3,(H,18,21)(H,19,24). The molecule has 0 aromatic heterocycles. The molecule has 0 unspecified atom stereocenters. The Morgan fingerprint density at radius 1 is 1.30 bits per heavy atom. The van der Waals surface area contributed by atoms with Gasteiger partial charge in [-0.1, -0.05) is 12.1 Å². The second kappa shape index (κ2) is 10.5. The number of nitrogens with zero attached hydrogens (tertiary/aromatic N) is 1. The normalized spacial score (nSPS) is 13.2. The van der Waals surface area contributed by atoms with Crippen molar-refractivity contribution in [3.63, 3.8) is 0 Å². The third kappa shape index (κ3) is 6.26. The monoisotopic (exact) mass is 395 g/mol. The molecule has 0 saturated carbocycles. The van der Waals surface area contributed by atoms with Gasteiger partial charge in [0, 0.05) is 31.6 Å². The SMILES string of the molecule is COCCNC(=O)CSc1ccccc1C(=O)OCC(=O)N1CCNC1=O. The first-order chi connectivity index (χ1) is 13.0. The predicted molar refractivity (Wildman–Crippen MR) is 97.4 cm³/mol. The van der Waals surface area contributed by atoms with Crippen LogP contribution in [0.2, 0.25) is 0 Å². The number of nitrogens with one attached hydrogen (secondary N) is 2. The lowest BCUT2D eigenvalue weighted by Crippen LogP contribution is -2.37. The van der Waals surface area contributed by atoms with E-state index < -0.39 is 24.5 Å². The third-order valence-corrected chi connectivity index (χ3v) is 4.65. The molecule has 0 spiro atoms. The molecule has 1 aliphatic heterocycles. The van der Waals surface area contributed by atoms with Gasteiger partial charge < -0.3 is 20.1 Å². The summed E-state index contributed by atoms with van der Waals surface area (Å²) in [6.45, 7) is 0.932. The molecule has 0 aliphatic carbocycles. The highest BCUT2D eigenvalue weighted by Crippen LogP contribution is 2.23. The summed E-state index contributed by atoms with van der Waals surface area (Å²) in [6.07, 6.45) is 0. The Bertz CT molecular complexity index is 712. The highest BCUT2D eigenvalue weighted by molar-refractivity contribution is 8.00. The van der Waals surface area contributed by atoms with Gasteiger partial charge in [-0.2, -0.15) is 0 Å². The minimum Gasteiger partial charge on any atom is -0.452 e. The fourth-order valence-electron chi connectivity index (χ4n) is 2.24.